The molecule has 1 saturated heterocycles. The maximum absolute atomic E-state index is 4.21. The highest BCUT2D eigenvalue weighted by molar-refractivity contribution is 9.10. The second-order valence-electron chi connectivity index (χ2n) is 2.97. The van der Waals surface area contributed by atoms with Crippen molar-refractivity contribution in [2.24, 2.45) is 0 Å². The maximum Gasteiger partial charge on any atom is 0.239 e. The van der Waals surface area contributed by atoms with E-state index in [2.05, 4.69) is 31.3 Å². The molecule has 0 saturated carbocycles. The van der Waals surface area contributed by atoms with E-state index in [-0.39, 0.29) is 0 Å². The number of nitrogens with one attached hydrogen (secondary N) is 1. The molecule has 0 amide bonds. The molecule has 2 heterocycles. The lowest BCUT2D eigenvalue weighted by Crippen LogP contribution is -2.44. The first kappa shape index (κ1) is 8.90. The highest BCUT2D eigenvalue weighted by atomic mass is 79.9. The van der Waals surface area contributed by atoms with Crippen molar-refractivity contribution in [3.8, 4) is 0 Å². The van der Waals surface area contributed by atoms with Gasteiger partial charge >= 0.3 is 0 Å². The Hall–Kier alpha value is -0.680. The summed E-state index contributed by atoms with van der Waals surface area (Å²) in [7, 11) is 0. The Morgan fingerprint density at radius 3 is 2.69 bits per heavy atom. The van der Waals surface area contributed by atoms with Crippen LogP contribution in [0, 0.1) is 0 Å². The Kier molecular flexibility index (Phi) is 2.75. The first-order valence-electron chi connectivity index (χ1n) is 4.35. The second kappa shape index (κ2) is 4.02. The number of hydrazine groups is 1. The molecule has 2 rings (SSSR count). The van der Waals surface area contributed by atoms with Crippen molar-refractivity contribution in [1.82, 2.24) is 15.4 Å². The van der Waals surface area contributed by atoms with Crippen LogP contribution in [0.15, 0.2) is 16.9 Å². The van der Waals surface area contributed by atoms with E-state index in [1.54, 1.807) is 12.4 Å². The van der Waals surface area contributed by atoms with Crippen molar-refractivity contribution < 1.29 is 0 Å². The zero-order chi connectivity index (χ0) is 9.10. The minimum atomic E-state index is 0.753. The average Bonchev–Trinajstić information content (AvgIpc) is 2.20. The first-order chi connectivity index (χ1) is 6.36. The molecule has 1 aromatic rings. The minimum Gasteiger partial charge on any atom is -0.276 e. The van der Waals surface area contributed by atoms with Gasteiger partial charge in [0, 0.05) is 25.5 Å². The van der Waals surface area contributed by atoms with Gasteiger partial charge in [-0.25, -0.2) is 15.4 Å². The quantitative estimate of drug-likeness (QED) is 0.808. The third-order valence-electron chi connectivity index (χ3n) is 1.96. The van der Waals surface area contributed by atoms with E-state index in [4.69, 9.17) is 0 Å². The molecule has 1 aliphatic heterocycles. The lowest BCUT2D eigenvalue weighted by atomic mass is 10.3. The van der Waals surface area contributed by atoms with Gasteiger partial charge in [0.25, 0.3) is 0 Å². The fourth-order valence-electron chi connectivity index (χ4n) is 1.30. The van der Waals surface area contributed by atoms with Gasteiger partial charge in [-0.1, -0.05) is 0 Å². The average molecular weight is 243 g/mol. The standard InChI is InChI=1S/C8H11BrN4/c9-7-5-10-8(11-6-7)13-4-2-1-3-12-13/h5-6,12H,1-4H2. The van der Waals surface area contributed by atoms with Crippen LogP contribution in [-0.4, -0.2) is 23.1 Å². The minimum absolute atomic E-state index is 0.753. The second-order valence-corrected chi connectivity index (χ2v) is 3.88. The van der Waals surface area contributed by atoms with Gasteiger partial charge in [0.15, 0.2) is 0 Å². The van der Waals surface area contributed by atoms with Crippen LogP contribution in [-0.2, 0) is 0 Å². The van der Waals surface area contributed by atoms with E-state index in [0.29, 0.717) is 0 Å². The lowest BCUT2D eigenvalue weighted by Gasteiger charge is -2.27. The molecule has 0 bridgehead atoms. The molecule has 1 N–H and O–H groups in total. The topological polar surface area (TPSA) is 41.1 Å². The van der Waals surface area contributed by atoms with Gasteiger partial charge in [-0.15, -0.1) is 0 Å². The molecule has 0 aromatic carbocycles. The monoisotopic (exact) mass is 242 g/mol. The van der Waals surface area contributed by atoms with Crippen LogP contribution in [0.5, 0.6) is 0 Å². The molecule has 0 unspecified atom stereocenters. The van der Waals surface area contributed by atoms with Gasteiger partial charge in [0.2, 0.25) is 5.95 Å². The van der Waals surface area contributed by atoms with Gasteiger partial charge in [0.05, 0.1) is 4.47 Å². The molecule has 5 heteroatoms. The number of halogens is 1. The zero-order valence-electron chi connectivity index (χ0n) is 7.20. The van der Waals surface area contributed by atoms with Crippen molar-refractivity contribution in [3.05, 3.63) is 16.9 Å². The van der Waals surface area contributed by atoms with E-state index in [1.165, 1.54) is 12.8 Å². The predicted molar refractivity (Wildman–Crippen MR) is 54.3 cm³/mol. The molecule has 1 aromatic heterocycles. The van der Waals surface area contributed by atoms with Crippen LogP contribution < -0.4 is 10.4 Å². The van der Waals surface area contributed by atoms with E-state index in [0.717, 1.165) is 23.5 Å². The Bertz CT molecular complexity index is 268. The third-order valence-corrected chi connectivity index (χ3v) is 2.37. The molecular formula is C8H11BrN4. The fourth-order valence-corrected chi connectivity index (χ4v) is 1.51. The largest absolute Gasteiger partial charge is 0.276 e. The predicted octanol–water partition coefficient (Wildman–Crippen LogP) is 1.34. The molecule has 0 aliphatic carbocycles. The van der Waals surface area contributed by atoms with Crippen molar-refractivity contribution in [2.75, 3.05) is 18.1 Å². The summed E-state index contributed by atoms with van der Waals surface area (Å²) < 4.78 is 0.910. The molecule has 70 valence electrons. The summed E-state index contributed by atoms with van der Waals surface area (Å²) >= 11 is 3.31. The Morgan fingerprint density at radius 1 is 1.31 bits per heavy atom. The normalized spacial score (nSPS) is 17.5. The lowest BCUT2D eigenvalue weighted by molar-refractivity contribution is 0.502. The smallest absolute Gasteiger partial charge is 0.239 e. The summed E-state index contributed by atoms with van der Waals surface area (Å²) in [6.45, 7) is 2.00. The van der Waals surface area contributed by atoms with Crippen LogP contribution in [0.4, 0.5) is 5.95 Å². The highest BCUT2D eigenvalue weighted by Gasteiger charge is 2.11. The van der Waals surface area contributed by atoms with Crippen LogP contribution >= 0.6 is 15.9 Å². The van der Waals surface area contributed by atoms with E-state index >= 15 is 0 Å². The summed E-state index contributed by atoms with van der Waals surface area (Å²) in [4.78, 5) is 8.41. The third kappa shape index (κ3) is 2.16. The van der Waals surface area contributed by atoms with Gasteiger partial charge in [-0.3, -0.25) is 5.01 Å². The highest BCUT2D eigenvalue weighted by Crippen LogP contribution is 2.11. The number of rotatable bonds is 1. The molecule has 13 heavy (non-hydrogen) atoms. The molecule has 0 radical (unpaired) electrons. The van der Waals surface area contributed by atoms with Crippen molar-refractivity contribution in [1.29, 1.82) is 0 Å². The van der Waals surface area contributed by atoms with Crippen LogP contribution in [0.2, 0.25) is 0 Å². The zero-order valence-corrected chi connectivity index (χ0v) is 8.79. The number of hydrogen-bond acceptors (Lipinski definition) is 4. The van der Waals surface area contributed by atoms with Crippen molar-refractivity contribution >= 4 is 21.9 Å². The fraction of sp³-hybridized carbons (Fsp3) is 0.500. The summed E-state index contributed by atoms with van der Waals surface area (Å²) in [5, 5.41) is 2.00. The van der Waals surface area contributed by atoms with Crippen molar-refractivity contribution in [3.63, 3.8) is 0 Å². The molecular weight excluding hydrogens is 232 g/mol. The summed E-state index contributed by atoms with van der Waals surface area (Å²) in [6, 6.07) is 0. The molecule has 1 fully saturated rings. The number of anilines is 1. The summed E-state index contributed by atoms with van der Waals surface area (Å²) in [6.07, 6.45) is 5.96. The van der Waals surface area contributed by atoms with Gasteiger partial charge in [-0.05, 0) is 28.8 Å². The SMILES string of the molecule is Brc1cnc(N2CCCCN2)nc1. The van der Waals surface area contributed by atoms with Gasteiger partial charge in [0.1, 0.15) is 0 Å². The molecule has 4 nitrogen and oxygen atoms in total. The van der Waals surface area contributed by atoms with E-state index in [9.17, 15) is 0 Å². The number of aromatic nitrogens is 2. The van der Waals surface area contributed by atoms with Gasteiger partial charge in [-0.2, -0.15) is 0 Å². The number of hydrogen-bond donors (Lipinski definition) is 1. The van der Waals surface area contributed by atoms with Crippen LogP contribution in [0.25, 0.3) is 0 Å². The summed E-state index contributed by atoms with van der Waals surface area (Å²) in [5.74, 6) is 0.753. The Labute approximate surface area is 85.5 Å². The summed E-state index contributed by atoms with van der Waals surface area (Å²) in [5.41, 5.74) is 3.25. The number of nitrogens with zero attached hydrogens (tertiary/aromatic N) is 3. The van der Waals surface area contributed by atoms with E-state index < -0.39 is 0 Å². The maximum atomic E-state index is 4.21. The van der Waals surface area contributed by atoms with Gasteiger partial charge < -0.3 is 0 Å². The molecule has 0 spiro atoms. The molecule has 0 atom stereocenters. The Morgan fingerprint density at radius 2 is 2.08 bits per heavy atom. The van der Waals surface area contributed by atoms with Crippen molar-refractivity contribution in [2.45, 2.75) is 12.8 Å². The van der Waals surface area contributed by atoms with E-state index in [1.807, 2.05) is 5.01 Å². The first-order valence-corrected chi connectivity index (χ1v) is 5.14. The van der Waals surface area contributed by atoms with Crippen LogP contribution in [0.1, 0.15) is 12.8 Å². The van der Waals surface area contributed by atoms with Crippen LogP contribution in [0.3, 0.4) is 0 Å². The molecule has 1 aliphatic rings. The Balaban J connectivity index is 2.10.